The zero-order valence-electron chi connectivity index (χ0n) is 15.2. The van der Waals surface area contributed by atoms with Gasteiger partial charge in [0.15, 0.2) is 11.7 Å². The van der Waals surface area contributed by atoms with Gasteiger partial charge in [0.2, 0.25) is 5.95 Å². The van der Waals surface area contributed by atoms with Gasteiger partial charge in [-0.3, -0.25) is 4.99 Å². The third-order valence-electron chi connectivity index (χ3n) is 4.09. The molecule has 28 heavy (non-hydrogen) atoms. The van der Waals surface area contributed by atoms with Crippen molar-refractivity contribution in [1.29, 1.82) is 0 Å². The Hall–Kier alpha value is -1.70. The van der Waals surface area contributed by atoms with Crippen molar-refractivity contribution in [3.05, 3.63) is 34.5 Å². The van der Waals surface area contributed by atoms with Crippen molar-refractivity contribution >= 4 is 47.2 Å². The number of alkyl halides is 3. The molecule has 0 spiro atoms. The van der Waals surface area contributed by atoms with Crippen molar-refractivity contribution in [1.82, 2.24) is 25.2 Å². The van der Waals surface area contributed by atoms with Crippen LogP contribution in [0.4, 0.5) is 19.1 Å². The van der Waals surface area contributed by atoms with E-state index in [1.165, 1.54) is 0 Å². The Morgan fingerprint density at radius 3 is 2.46 bits per heavy atom. The number of nitrogens with zero attached hydrogens (tertiary/aromatic N) is 6. The van der Waals surface area contributed by atoms with Crippen molar-refractivity contribution < 1.29 is 13.2 Å². The maximum atomic E-state index is 12.6. The van der Waals surface area contributed by atoms with Gasteiger partial charge in [0.05, 0.1) is 5.01 Å². The van der Waals surface area contributed by atoms with Gasteiger partial charge in [0.1, 0.15) is 0 Å². The summed E-state index contributed by atoms with van der Waals surface area (Å²) in [5.74, 6) is 1.44. The zero-order chi connectivity index (χ0) is 19.3. The van der Waals surface area contributed by atoms with Crippen LogP contribution >= 0.6 is 35.3 Å². The Morgan fingerprint density at radius 2 is 1.89 bits per heavy atom. The minimum absolute atomic E-state index is 0. The topological polar surface area (TPSA) is 69.5 Å². The minimum atomic E-state index is -4.39. The maximum Gasteiger partial charge on any atom is 0.434 e. The first-order valence-corrected chi connectivity index (χ1v) is 9.34. The monoisotopic (exact) mass is 527 g/mol. The number of hydrogen-bond acceptors (Lipinski definition) is 6. The third-order valence-corrected chi connectivity index (χ3v) is 5.00. The standard InChI is InChI=1S/C16H20F3N7S.HI/c1-20-14(23-6-3-13-24-12(11-27-13)16(17,18)19)25-7-9-26(10-8-25)15-21-4-2-5-22-15;/h2,4-5,11H,3,6-10H2,1H3,(H,20,23);1H. The molecule has 0 amide bonds. The number of piperazine rings is 1. The summed E-state index contributed by atoms with van der Waals surface area (Å²) >= 11 is 1.02. The summed E-state index contributed by atoms with van der Waals surface area (Å²) in [6.45, 7) is 3.53. The van der Waals surface area contributed by atoms with E-state index in [1.807, 2.05) is 0 Å². The summed E-state index contributed by atoms with van der Waals surface area (Å²) in [5, 5.41) is 4.71. The van der Waals surface area contributed by atoms with Gasteiger partial charge in [-0.25, -0.2) is 15.0 Å². The van der Waals surface area contributed by atoms with Crippen LogP contribution in [0.5, 0.6) is 0 Å². The second-order valence-electron chi connectivity index (χ2n) is 5.87. The summed E-state index contributed by atoms with van der Waals surface area (Å²) in [6, 6.07) is 1.78. The molecule has 1 aliphatic heterocycles. The lowest BCUT2D eigenvalue weighted by Gasteiger charge is -2.36. The molecule has 154 valence electrons. The van der Waals surface area contributed by atoms with Crippen LogP contribution in [0.25, 0.3) is 0 Å². The first kappa shape index (κ1) is 22.6. The summed E-state index contributed by atoms with van der Waals surface area (Å²) in [4.78, 5) is 20.7. The quantitative estimate of drug-likeness (QED) is 0.375. The zero-order valence-corrected chi connectivity index (χ0v) is 18.3. The molecule has 0 radical (unpaired) electrons. The summed E-state index contributed by atoms with van der Waals surface area (Å²) in [7, 11) is 1.69. The predicted octanol–water partition coefficient (Wildman–Crippen LogP) is 2.51. The smallest absolute Gasteiger partial charge is 0.356 e. The van der Waals surface area contributed by atoms with Crippen molar-refractivity contribution in [2.24, 2.45) is 4.99 Å². The van der Waals surface area contributed by atoms with Crippen LogP contribution in [0.1, 0.15) is 10.7 Å². The Labute approximate surface area is 182 Å². The number of thiazole rings is 1. The van der Waals surface area contributed by atoms with E-state index in [4.69, 9.17) is 0 Å². The number of nitrogens with one attached hydrogen (secondary N) is 1. The van der Waals surface area contributed by atoms with Gasteiger partial charge in [-0.15, -0.1) is 35.3 Å². The molecule has 1 fully saturated rings. The van der Waals surface area contributed by atoms with Crippen molar-refractivity contribution in [2.45, 2.75) is 12.6 Å². The van der Waals surface area contributed by atoms with Gasteiger partial charge in [-0.05, 0) is 6.07 Å². The molecule has 3 rings (SSSR count). The lowest BCUT2D eigenvalue weighted by Crippen LogP contribution is -2.53. The molecular formula is C16H21F3IN7S. The fourth-order valence-corrected chi connectivity index (χ4v) is 3.55. The van der Waals surface area contributed by atoms with Crippen LogP contribution in [-0.2, 0) is 12.6 Å². The molecule has 1 aliphatic rings. The van der Waals surface area contributed by atoms with E-state index >= 15 is 0 Å². The summed E-state index contributed by atoms with van der Waals surface area (Å²) < 4.78 is 37.8. The highest BCUT2D eigenvalue weighted by atomic mass is 127. The largest absolute Gasteiger partial charge is 0.434 e. The molecule has 0 atom stereocenters. The number of halogens is 4. The van der Waals surface area contributed by atoms with Crippen LogP contribution in [0.15, 0.2) is 28.8 Å². The second-order valence-corrected chi connectivity index (χ2v) is 6.81. The van der Waals surface area contributed by atoms with Crippen molar-refractivity contribution in [3.63, 3.8) is 0 Å². The van der Waals surface area contributed by atoms with E-state index in [0.29, 0.717) is 23.9 Å². The molecule has 12 heteroatoms. The van der Waals surface area contributed by atoms with E-state index in [1.54, 1.807) is 25.5 Å². The summed E-state index contributed by atoms with van der Waals surface area (Å²) in [5.41, 5.74) is -0.828. The Kier molecular flexibility index (Phi) is 8.22. The first-order valence-electron chi connectivity index (χ1n) is 8.46. The second kappa shape index (κ2) is 10.2. The van der Waals surface area contributed by atoms with Gasteiger partial charge in [0.25, 0.3) is 0 Å². The van der Waals surface area contributed by atoms with E-state index in [0.717, 1.165) is 48.9 Å². The van der Waals surface area contributed by atoms with Crippen LogP contribution in [0, 0.1) is 0 Å². The molecule has 1 saturated heterocycles. The molecule has 0 aromatic carbocycles. The average Bonchev–Trinajstić information content (AvgIpc) is 3.16. The number of anilines is 1. The lowest BCUT2D eigenvalue weighted by molar-refractivity contribution is -0.140. The van der Waals surface area contributed by atoms with Gasteiger partial charge in [-0.1, -0.05) is 0 Å². The molecule has 0 aliphatic carbocycles. The van der Waals surface area contributed by atoms with Gasteiger partial charge in [0, 0.05) is 64.0 Å². The molecule has 0 bridgehead atoms. The van der Waals surface area contributed by atoms with Gasteiger partial charge in [-0.2, -0.15) is 13.2 Å². The highest BCUT2D eigenvalue weighted by molar-refractivity contribution is 14.0. The van der Waals surface area contributed by atoms with Gasteiger partial charge < -0.3 is 15.1 Å². The average molecular weight is 527 g/mol. The van der Waals surface area contributed by atoms with Crippen LogP contribution in [0.3, 0.4) is 0 Å². The highest BCUT2D eigenvalue weighted by Gasteiger charge is 2.33. The van der Waals surface area contributed by atoms with Gasteiger partial charge >= 0.3 is 6.18 Å². The third kappa shape index (κ3) is 5.90. The Balaban J connectivity index is 0.00000280. The fourth-order valence-electron chi connectivity index (χ4n) is 2.74. The highest BCUT2D eigenvalue weighted by Crippen LogP contribution is 2.30. The number of aliphatic imine (C=N–C) groups is 1. The predicted molar refractivity (Wildman–Crippen MR) is 113 cm³/mol. The molecule has 7 nitrogen and oxygen atoms in total. The molecule has 3 heterocycles. The molecule has 2 aromatic heterocycles. The fraction of sp³-hybridized carbons (Fsp3) is 0.500. The number of hydrogen-bond donors (Lipinski definition) is 1. The molecular weight excluding hydrogens is 506 g/mol. The molecule has 2 aromatic rings. The first-order chi connectivity index (χ1) is 13.0. The minimum Gasteiger partial charge on any atom is -0.356 e. The van der Waals surface area contributed by atoms with Crippen LogP contribution < -0.4 is 10.2 Å². The Morgan fingerprint density at radius 1 is 1.21 bits per heavy atom. The van der Waals surface area contributed by atoms with E-state index in [2.05, 4.69) is 35.1 Å². The maximum absolute atomic E-state index is 12.6. The molecule has 0 saturated carbocycles. The number of rotatable bonds is 4. The molecule has 0 unspecified atom stereocenters. The van der Waals surface area contributed by atoms with E-state index < -0.39 is 11.9 Å². The SMILES string of the molecule is CN=C(NCCc1nc(C(F)(F)F)cs1)N1CCN(c2ncccn2)CC1.I. The Bertz CT molecular complexity index is 761. The van der Waals surface area contributed by atoms with Crippen molar-refractivity contribution in [3.8, 4) is 0 Å². The van der Waals surface area contributed by atoms with Crippen molar-refractivity contribution in [2.75, 3.05) is 44.7 Å². The molecule has 1 N–H and O–H groups in total. The normalized spacial score (nSPS) is 15.4. The van der Waals surface area contributed by atoms with Crippen LogP contribution in [-0.4, -0.2) is 65.6 Å². The van der Waals surface area contributed by atoms with E-state index in [-0.39, 0.29) is 24.0 Å². The van der Waals surface area contributed by atoms with E-state index in [9.17, 15) is 13.2 Å². The summed E-state index contributed by atoms with van der Waals surface area (Å²) in [6.07, 6.45) is -0.534. The number of guanidine groups is 1. The number of aromatic nitrogens is 3. The lowest BCUT2D eigenvalue weighted by atomic mass is 10.3. The van der Waals surface area contributed by atoms with Crippen LogP contribution in [0.2, 0.25) is 0 Å².